The Labute approximate surface area is 163 Å². The fourth-order valence-electron chi connectivity index (χ4n) is 3.76. The molecule has 0 fully saturated rings. The lowest BCUT2D eigenvalue weighted by Crippen LogP contribution is -2.43. The number of hydrogen-bond donors (Lipinski definition) is 0. The average molecular weight is 375 g/mol. The minimum Gasteiger partial charge on any atom is -0.228 e. The Hall–Kier alpha value is -0.160. The van der Waals surface area contributed by atoms with Gasteiger partial charge in [0.15, 0.2) is 0 Å². The van der Waals surface area contributed by atoms with Crippen LogP contribution in [0.1, 0.15) is 115 Å². The van der Waals surface area contributed by atoms with Crippen molar-refractivity contribution in [1.82, 2.24) is 0 Å². The first kappa shape index (κ1) is 25.8. The minimum absolute atomic E-state index is 0.151. The lowest BCUT2D eigenvalue weighted by Gasteiger charge is -2.38. The molecule has 26 heavy (non-hydrogen) atoms. The van der Waals surface area contributed by atoms with Gasteiger partial charge in [-0.25, -0.2) is 9.78 Å². The van der Waals surface area contributed by atoms with E-state index in [-0.39, 0.29) is 10.8 Å². The summed E-state index contributed by atoms with van der Waals surface area (Å²) in [5.74, 6) is -0.890. The molecule has 4 heteroatoms. The van der Waals surface area contributed by atoms with Gasteiger partial charge in [-0.1, -0.05) is 61.8 Å². The number of rotatable bonds is 11. The molecule has 0 saturated heterocycles. The zero-order valence-electron chi connectivity index (χ0n) is 19.7. The van der Waals surface area contributed by atoms with Crippen LogP contribution in [-0.4, -0.2) is 17.0 Å². The molecule has 0 aliphatic carbocycles. The molecule has 0 bridgehead atoms. The Morgan fingerprint density at radius 3 is 1.12 bits per heavy atom. The maximum Gasteiger partial charge on any atom is 0.233 e. The Balaban J connectivity index is 5.05. The van der Waals surface area contributed by atoms with E-state index in [4.69, 9.17) is 19.6 Å². The molecule has 0 N–H and O–H groups in total. The van der Waals surface area contributed by atoms with Gasteiger partial charge in [-0.15, -0.1) is 0 Å². The molecule has 0 atom stereocenters. The highest BCUT2D eigenvalue weighted by Crippen LogP contribution is 2.35. The van der Waals surface area contributed by atoms with Gasteiger partial charge >= 0.3 is 0 Å². The Kier molecular flexibility index (Phi) is 9.30. The Morgan fingerprint density at radius 2 is 0.885 bits per heavy atom. The monoisotopic (exact) mass is 374 g/mol. The second kappa shape index (κ2) is 9.36. The molecule has 0 aromatic heterocycles. The quantitative estimate of drug-likeness (QED) is 0.217. The summed E-state index contributed by atoms with van der Waals surface area (Å²) in [6.45, 7) is 25.6. The normalized spacial score (nSPS) is 14.8. The summed E-state index contributed by atoms with van der Waals surface area (Å²) in [4.78, 5) is 23.6. The lowest BCUT2D eigenvalue weighted by molar-refractivity contribution is -0.546. The van der Waals surface area contributed by atoms with E-state index in [2.05, 4.69) is 76.2 Å². The van der Waals surface area contributed by atoms with Crippen molar-refractivity contribution in [1.29, 1.82) is 0 Å². The van der Waals surface area contributed by atoms with E-state index in [1.165, 1.54) is 0 Å². The fourth-order valence-corrected chi connectivity index (χ4v) is 3.76. The van der Waals surface area contributed by atoms with Gasteiger partial charge in [-0.2, -0.15) is 9.78 Å². The summed E-state index contributed by atoms with van der Waals surface area (Å²) < 4.78 is 0. The first-order chi connectivity index (χ1) is 11.4. The molecule has 4 nitrogen and oxygen atoms in total. The first-order valence-electron chi connectivity index (χ1n) is 10.2. The smallest absolute Gasteiger partial charge is 0.228 e. The van der Waals surface area contributed by atoms with Crippen molar-refractivity contribution in [3.8, 4) is 0 Å². The second-order valence-electron chi connectivity index (χ2n) is 11.3. The van der Waals surface area contributed by atoms with Gasteiger partial charge in [0.05, 0.1) is 11.2 Å². The fraction of sp³-hybridized carbons (Fsp3) is 1.00. The standard InChI is InChI=1S/C22H46O4/c1-13-15-22(14-2,25-23-20(9,10)16-18(3,4)5)26-24-21(11,12)17-19(6,7)8/h13-17H2,1-12H3. The summed E-state index contributed by atoms with van der Waals surface area (Å²) in [6.07, 6.45) is 4.03. The van der Waals surface area contributed by atoms with Crippen molar-refractivity contribution in [2.75, 3.05) is 0 Å². The molecular formula is C22H46O4. The third-order valence-electron chi connectivity index (χ3n) is 3.92. The van der Waals surface area contributed by atoms with Gasteiger partial charge in [-0.05, 0) is 51.4 Å². The van der Waals surface area contributed by atoms with Gasteiger partial charge in [0.25, 0.3) is 0 Å². The van der Waals surface area contributed by atoms with E-state index in [0.29, 0.717) is 12.8 Å². The van der Waals surface area contributed by atoms with Crippen molar-refractivity contribution in [3.63, 3.8) is 0 Å². The minimum atomic E-state index is -0.890. The predicted molar refractivity (Wildman–Crippen MR) is 109 cm³/mol. The molecule has 0 aliphatic rings. The van der Waals surface area contributed by atoms with Crippen molar-refractivity contribution in [3.05, 3.63) is 0 Å². The van der Waals surface area contributed by atoms with Crippen molar-refractivity contribution in [2.45, 2.75) is 132 Å². The predicted octanol–water partition coefficient (Wildman–Crippen LogP) is 7.22. The molecule has 0 unspecified atom stereocenters. The van der Waals surface area contributed by atoms with E-state index in [9.17, 15) is 0 Å². The molecule has 0 saturated carbocycles. The molecule has 0 spiro atoms. The van der Waals surface area contributed by atoms with Crippen LogP contribution in [0.2, 0.25) is 0 Å². The molecule has 0 amide bonds. The topological polar surface area (TPSA) is 36.9 Å². The SMILES string of the molecule is CCCC(CC)(OOC(C)(C)CC(C)(C)C)OOC(C)(C)CC(C)(C)C. The van der Waals surface area contributed by atoms with E-state index in [1.54, 1.807) is 0 Å². The highest BCUT2D eigenvalue weighted by Gasteiger charge is 2.39. The van der Waals surface area contributed by atoms with Gasteiger partial charge in [0, 0.05) is 12.8 Å². The largest absolute Gasteiger partial charge is 0.233 e. The van der Waals surface area contributed by atoms with E-state index in [0.717, 1.165) is 19.3 Å². The van der Waals surface area contributed by atoms with Crippen LogP contribution in [0.5, 0.6) is 0 Å². The molecule has 0 heterocycles. The average Bonchev–Trinajstić information content (AvgIpc) is 2.37. The summed E-state index contributed by atoms with van der Waals surface area (Å²) >= 11 is 0. The van der Waals surface area contributed by atoms with Crippen LogP contribution in [-0.2, 0) is 19.6 Å². The van der Waals surface area contributed by atoms with Crippen LogP contribution < -0.4 is 0 Å². The van der Waals surface area contributed by atoms with Crippen LogP contribution >= 0.6 is 0 Å². The van der Waals surface area contributed by atoms with Crippen LogP contribution in [0.25, 0.3) is 0 Å². The molecule has 0 radical (unpaired) electrons. The van der Waals surface area contributed by atoms with Gasteiger partial charge in [0.2, 0.25) is 5.79 Å². The third-order valence-corrected chi connectivity index (χ3v) is 3.92. The molecule has 0 aromatic carbocycles. The zero-order chi connectivity index (χ0) is 20.9. The Morgan fingerprint density at radius 1 is 0.538 bits per heavy atom. The summed E-state index contributed by atoms with van der Waals surface area (Å²) in [6, 6.07) is 0. The van der Waals surface area contributed by atoms with Crippen LogP contribution in [0.15, 0.2) is 0 Å². The van der Waals surface area contributed by atoms with Gasteiger partial charge in [0.1, 0.15) is 0 Å². The molecule has 0 aliphatic heterocycles. The molecular weight excluding hydrogens is 328 g/mol. The molecule has 0 rings (SSSR count). The third kappa shape index (κ3) is 11.5. The van der Waals surface area contributed by atoms with Crippen molar-refractivity contribution < 1.29 is 19.6 Å². The molecule has 0 aromatic rings. The Bertz CT molecular complexity index is 367. The van der Waals surface area contributed by atoms with Crippen LogP contribution in [0, 0.1) is 10.8 Å². The van der Waals surface area contributed by atoms with E-state index >= 15 is 0 Å². The van der Waals surface area contributed by atoms with Crippen LogP contribution in [0.3, 0.4) is 0 Å². The summed E-state index contributed by atoms with van der Waals surface area (Å²) in [7, 11) is 0. The van der Waals surface area contributed by atoms with Gasteiger partial charge in [-0.3, -0.25) is 0 Å². The highest BCUT2D eigenvalue weighted by molar-refractivity contribution is 4.77. The maximum atomic E-state index is 5.91. The number of hydrogen-bond acceptors (Lipinski definition) is 4. The molecule has 158 valence electrons. The zero-order valence-corrected chi connectivity index (χ0v) is 19.7. The highest BCUT2D eigenvalue weighted by atomic mass is 17.3. The summed E-state index contributed by atoms with van der Waals surface area (Å²) in [5.41, 5.74) is -0.509. The van der Waals surface area contributed by atoms with Crippen LogP contribution in [0.4, 0.5) is 0 Å². The van der Waals surface area contributed by atoms with Crippen molar-refractivity contribution >= 4 is 0 Å². The maximum absolute atomic E-state index is 5.91. The van der Waals surface area contributed by atoms with Crippen molar-refractivity contribution in [2.24, 2.45) is 10.8 Å². The van der Waals surface area contributed by atoms with E-state index in [1.807, 2.05) is 6.92 Å². The summed E-state index contributed by atoms with van der Waals surface area (Å²) in [5, 5.41) is 0. The second-order valence-corrected chi connectivity index (χ2v) is 11.3. The first-order valence-corrected chi connectivity index (χ1v) is 10.2. The van der Waals surface area contributed by atoms with E-state index < -0.39 is 17.0 Å². The lowest BCUT2D eigenvalue weighted by atomic mass is 9.84. The van der Waals surface area contributed by atoms with Gasteiger partial charge < -0.3 is 0 Å².